The van der Waals surface area contributed by atoms with Crippen LogP contribution >= 0.6 is 15.9 Å². The summed E-state index contributed by atoms with van der Waals surface area (Å²) in [6.07, 6.45) is 0.125. The van der Waals surface area contributed by atoms with Crippen LogP contribution in [-0.2, 0) is 0 Å². The van der Waals surface area contributed by atoms with Crippen LogP contribution in [0.5, 0.6) is 0 Å². The minimum atomic E-state index is -1.18. The van der Waals surface area contributed by atoms with Crippen molar-refractivity contribution in [3.05, 3.63) is 22.8 Å². The van der Waals surface area contributed by atoms with Crippen LogP contribution in [0.4, 0.5) is 10.2 Å². The van der Waals surface area contributed by atoms with E-state index in [9.17, 15) is 9.50 Å². The van der Waals surface area contributed by atoms with E-state index in [0.717, 1.165) is 10.3 Å². The van der Waals surface area contributed by atoms with Crippen molar-refractivity contribution in [2.75, 3.05) is 18.0 Å². The quantitative estimate of drug-likeness (QED) is 0.848. The van der Waals surface area contributed by atoms with Gasteiger partial charge in [0, 0.05) is 17.2 Å². The van der Waals surface area contributed by atoms with Crippen molar-refractivity contribution < 1.29 is 9.50 Å². The first-order valence-corrected chi connectivity index (χ1v) is 5.65. The summed E-state index contributed by atoms with van der Waals surface area (Å²) in [7, 11) is 0. The van der Waals surface area contributed by atoms with Gasteiger partial charge < -0.3 is 10.0 Å². The first-order chi connectivity index (χ1) is 7.16. The number of piperidine rings is 1. The lowest BCUT2D eigenvalue weighted by Gasteiger charge is -2.33. The summed E-state index contributed by atoms with van der Waals surface area (Å²) in [6, 6.07) is 3.68. The van der Waals surface area contributed by atoms with Crippen molar-refractivity contribution >= 4 is 21.7 Å². The third-order valence-corrected chi connectivity index (χ3v) is 3.03. The molecule has 0 aromatic carbocycles. The largest absolute Gasteiger partial charge is 0.390 e. The Morgan fingerprint density at radius 3 is 3.07 bits per heavy atom. The minimum Gasteiger partial charge on any atom is -0.390 e. The number of halogens is 2. The molecule has 82 valence electrons. The maximum Gasteiger partial charge on any atom is 0.143 e. The fourth-order valence-corrected chi connectivity index (χ4v) is 1.99. The maximum absolute atomic E-state index is 13.3. The van der Waals surface area contributed by atoms with Gasteiger partial charge in [-0.2, -0.15) is 0 Å². The topological polar surface area (TPSA) is 36.4 Å². The van der Waals surface area contributed by atoms with E-state index in [1.807, 2.05) is 17.0 Å². The Labute approximate surface area is 96.1 Å². The first-order valence-electron chi connectivity index (χ1n) is 4.85. The normalized spacial score (nSPS) is 26.7. The summed E-state index contributed by atoms with van der Waals surface area (Å²) in [5.41, 5.74) is 0. The van der Waals surface area contributed by atoms with Gasteiger partial charge >= 0.3 is 0 Å². The average molecular weight is 275 g/mol. The molecule has 5 heteroatoms. The van der Waals surface area contributed by atoms with E-state index in [2.05, 4.69) is 20.9 Å². The molecular weight excluding hydrogens is 263 g/mol. The van der Waals surface area contributed by atoms with Crippen molar-refractivity contribution in [1.82, 2.24) is 4.98 Å². The molecule has 1 aromatic heterocycles. The van der Waals surface area contributed by atoms with Crippen LogP contribution in [0, 0.1) is 0 Å². The summed E-state index contributed by atoms with van der Waals surface area (Å²) in [5, 5.41) is 9.27. The second kappa shape index (κ2) is 4.45. The lowest BCUT2D eigenvalue weighted by atomic mass is 10.1. The number of rotatable bonds is 1. The second-order valence-electron chi connectivity index (χ2n) is 3.65. The lowest BCUT2D eigenvalue weighted by Crippen LogP contribution is -2.44. The predicted octanol–water partition coefficient (Wildman–Crippen LogP) is 1.75. The summed E-state index contributed by atoms with van der Waals surface area (Å²) in [5.74, 6) is 0.749. The standard InChI is InChI=1S/C10H12BrFN2O/c11-7-1-3-13-10(5-7)14-4-2-9(15)8(12)6-14/h1,3,5,8-9,15H,2,4,6H2. The predicted molar refractivity (Wildman–Crippen MR) is 59.7 cm³/mol. The highest BCUT2D eigenvalue weighted by Gasteiger charge is 2.27. The Morgan fingerprint density at radius 1 is 1.60 bits per heavy atom. The Morgan fingerprint density at radius 2 is 2.40 bits per heavy atom. The molecule has 2 rings (SSSR count). The van der Waals surface area contributed by atoms with Crippen molar-refractivity contribution in [1.29, 1.82) is 0 Å². The van der Waals surface area contributed by atoms with Crippen LogP contribution in [-0.4, -0.2) is 35.5 Å². The molecule has 3 nitrogen and oxygen atoms in total. The summed E-state index contributed by atoms with van der Waals surface area (Å²) in [6.45, 7) is 0.857. The van der Waals surface area contributed by atoms with Crippen molar-refractivity contribution in [3.8, 4) is 0 Å². The highest BCUT2D eigenvalue weighted by Crippen LogP contribution is 2.22. The smallest absolute Gasteiger partial charge is 0.143 e. The molecule has 2 unspecified atom stereocenters. The van der Waals surface area contributed by atoms with E-state index >= 15 is 0 Å². The molecule has 1 aliphatic heterocycles. The molecule has 0 spiro atoms. The fraction of sp³-hybridized carbons (Fsp3) is 0.500. The third-order valence-electron chi connectivity index (χ3n) is 2.54. The Hall–Kier alpha value is -0.680. The van der Waals surface area contributed by atoms with E-state index < -0.39 is 12.3 Å². The van der Waals surface area contributed by atoms with Crippen LogP contribution < -0.4 is 4.90 Å². The van der Waals surface area contributed by atoms with Gasteiger partial charge in [0.25, 0.3) is 0 Å². The van der Waals surface area contributed by atoms with Crippen LogP contribution in [0.2, 0.25) is 0 Å². The number of aliphatic hydroxyl groups is 1. The highest BCUT2D eigenvalue weighted by molar-refractivity contribution is 9.10. The molecule has 0 saturated carbocycles. The molecule has 0 bridgehead atoms. The monoisotopic (exact) mass is 274 g/mol. The molecule has 1 N–H and O–H groups in total. The van der Waals surface area contributed by atoms with E-state index in [-0.39, 0.29) is 6.54 Å². The van der Waals surface area contributed by atoms with Gasteiger partial charge in [0.05, 0.1) is 12.6 Å². The Bertz CT molecular complexity index is 350. The number of pyridine rings is 1. The third kappa shape index (κ3) is 2.46. The molecule has 1 fully saturated rings. The summed E-state index contributed by atoms with van der Waals surface area (Å²) >= 11 is 3.35. The van der Waals surface area contributed by atoms with Gasteiger partial charge in [-0.15, -0.1) is 0 Å². The van der Waals surface area contributed by atoms with Crippen LogP contribution in [0.15, 0.2) is 22.8 Å². The van der Waals surface area contributed by atoms with E-state index in [0.29, 0.717) is 13.0 Å². The fourth-order valence-electron chi connectivity index (χ4n) is 1.67. The molecule has 1 aromatic rings. The minimum absolute atomic E-state index is 0.213. The number of aromatic nitrogens is 1. The molecule has 1 saturated heterocycles. The molecule has 0 amide bonds. The zero-order chi connectivity index (χ0) is 10.8. The van der Waals surface area contributed by atoms with Crippen LogP contribution in [0.1, 0.15) is 6.42 Å². The van der Waals surface area contributed by atoms with Crippen LogP contribution in [0.25, 0.3) is 0 Å². The molecular formula is C10H12BrFN2O. The zero-order valence-corrected chi connectivity index (χ0v) is 9.69. The SMILES string of the molecule is OC1CCN(c2cc(Br)ccn2)CC1F. The number of hydrogen-bond donors (Lipinski definition) is 1. The molecule has 2 atom stereocenters. The number of nitrogens with zero attached hydrogens (tertiary/aromatic N) is 2. The maximum atomic E-state index is 13.3. The van der Waals surface area contributed by atoms with Crippen molar-refractivity contribution in [3.63, 3.8) is 0 Å². The highest BCUT2D eigenvalue weighted by atomic mass is 79.9. The summed E-state index contributed by atoms with van der Waals surface area (Å²) < 4.78 is 14.2. The zero-order valence-electron chi connectivity index (χ0n) is 8.11. The van der Waals surface area contributed by atoms with Gasteiger partial charge in [0.15, 0.2) is 0 Å². The molecule has 2 heterocycles. The molecule has 0 aliphatic carbocycles. The second-order valence-corrected chi connectivity index (χ2v) is 4.57. The average Bonchev–Trinajstić information content (AvgIpc) is 2.22. The first kappa shape index (κ1) is 10.8. The van der Waals surface area contributed by atoms with Gasteiger partial charge in [0.1, 0.15) is 12.0 Å². The number of aliphatic hydroxyl groups excluding tert-OH is 1. The molecule has 1 aliphatic rings. The van der Waals surface area contributed by atoms with Crippen molar-refractivity contribution in [2.24, 2.45) is 0 Å². The van der Waals surface area contributed by atoms with Gasteiger partial charge in [-0.3, -0.25) is 0 Å². The number of hydrogen-bond acceptors (Lipinski definition) is 3. The van der Waals surface area contributed by atoms with Crippen molar-refractivity contribution in [2.45, 2.75) is 18.7 Å². The van der Waals surface area contributed by atoms with Gasteiger partial charge in [-0.05, 0) is 18.6 Å². The summed E-state index contributed by atoms with van der Waals surface area (Å²) in [4.78, 5) is 6.02. The number of anilines is 1. The van der Waals surface area contributed by atoms with E-state index in [1.165, 1.54) is 0 Å². The van der Waals surface area contributed by atoms with E-state index in [1.54, 1.807) is 6.20 Å². The van der Waals surface area contributed by atoms with Gasteiger partial charge in [-0.1, -0.05) is 15.9 Å². The Balaban J connectivity index is 2.12. The van der Waals surface area contributed by atoms with Crippen LogP contribution in [0.3, 0.4) is 0 Å². The molecule has 0 radical (unpaired) electrons. The number of alkyl halides is 1. The van der Waals surface area contributed by atoms with E-state index in [4.69, 9.17) is 0 Å². The Kier molecular flexibility index (Phi) is 3.21. The van der Waals surface area contributed by atoms with Gasteiger partial charge in [-0.25, -0.2) is 9.37 Å². The van der Waals surface area contributed by atoms with Gasteiger partial charge in [0.2, 0.25) is 0 Å². The lowest BCUT2D eigenvalue weighted by molar-refractivity contribution is 0.0614. The molecule has 15 heavy (non-hydrogen) atoms.